The summed E-state index contributed by atoms with van der Waals surface area (Å²) in [7, 11) is -1.94. The second-order valence-electron chi connectivity index (χ2n) is 5.65. The molecule has 0 amide bonds. The molecule has 2 atom stereocenters. The van der Waals surface area contributed by atoms with Crippen molar-refractivity contribution in [2.24, 2.45) is 11.8 Å². The van der Waals surface area contributed by atoms with Gasteiger partial charge in [0.25, 0.3) is 0 Å². The molecule has 0 aromatic rings. The maximum absolute atomic E-state index is 11.7. The first kappa shape index (κ1) is 23.8. The molecule has 0 aliphatic heterocycles. The van der Waals surface area contributed by atoms with Gasteiger partial charge >= 0.3 is 25.0 Å². The van der Waals surface area contributed by atoms with Crippen LogP contribution in [0.4, 0.5) is 0 Å². The third-order valence-corrected chi connectivity index (χ3v) is 4.64. The molecule has 0 spiro atoms. The van der Waals surface area contributed by atoms with Crippen molar-refractivity contribution in [2.45, 2.75) is 79.1 Å². The Morgan fingerprint density at radius 1 is 0.810 bits per heavy atom. The molecule has 0 aliphatic carbocycles. The summed E-state index contributed by atoms with van der Waals surface area (Å²) in [5.41, 5.74) is 0. The second-order valence-corrected chi connectivity index (χ2v) is 6.61. The average molecular weight is 364 g/mol. The van der Waals surface area contributed by atoms with Crippen molar-refractivity contribution in [3.05, 3.63) is 0 Å². The number of unbranched alkanes of at least 4 members (excludes halogenated alkanes) is 2. The zero-order valence-electron chi connectivity index (χ0n) is 14.2. The van der Waals surface area contributed by atoms with Crippen molar-refractivity contribution in [3.8, 4) is 0 Å². The van der Waals surface area contributed by atoms with E-state index in [1.54, 1.807) is 0 Å². The summed E-state index contributed by atoms with van der Waals surface area (Å²) in [6.45, 7) is 9.84. The Bertz CT molecular complexity index is 218. The van der Waals surface area contributed by atoms with E-state index in [0.717, 1.165) is 25.7 Å². The second kappa shape index (κ2) is 16.9. The van der Waals surface area contributed by atoms with E-state index >= 15 is 0 Å². The molecule has 0 aliphatic rings. The van der Waals surface area contributed by atoms with E-state index in [1.807, 2.05) is 0 Å². The molecule has 0 saturated heterocycles. The summed E-state index contributed by atoms with van der Waals surface area (Å²) >= 11 is 0. The summed E-state index contributed by atoms with van der Waals surface area (Å²) in [5, 5.41) is 0. The van der Waals surface area contributed by atoms with E-state index in [2.05, 4.69) is 27.7 Å². The van der Waals surface area contributed by atoms with E-state index in [-0.39, 0.29) is 16.8 Å². The molecule has 5 heteroatoms. The van der Waals surface area contributed by atoms with Crippen molar-refractivity contribution in [2.75, 3.05) is 13.2 Å². The molecule has 21 heavy (non-hydrogen) atoms. The first-order valence-electron chi connectivity index (χ1n) is 8.40. The molecule has 126 valence electrons. The normalized spacial score (nSPS) is 14.4. The van der Waals surface area contributed by atoms with Gasteiger partial charge in [-0.2, -0.15) is 0 Å². The van der Waals surface area contributed by atoms with Crippen molar-refractivity contribution in [1.82, 2.24) is 0 Å². The van der Waals surface area contributed by atoms with Crippen LogP contribution in [0.25, 0.3) is 0 Å². The minimum absolute atomic E-state index is 0. The third-order valence-electron chi connectivity index (χ3n) is 3.92. The van der Waals surface area contributed by atoms with Gasteiger partial charge in [0.1, 0.15) is 13.2 Å². The van der Waals surface area contributed by atoms with Crippen LogP contribution in [0.3, 0.4) is 0 Å². The van der Waals surface area contributed by atoms with Crippen LogP contribution in [0.2, 0.25) is 0 Å². The van der Waals surface area contributed by atoms with Crippen molar-refractivity contribution in [3.63, 3.8) is 0 Å². The number of rotatable bonds is 14. The molecule has 0 rings (SSSR count). The smallest absolute Gasteiger partial charge is 0.119 e. The SMILES string of the molecule is CCCCC(CC)CO[P+](=O)OCC(CC)CCCC.[Co+3]. The molecule has 0 fully saturated rings. The van der Waals surface area contributed by atoms with E-state index in [1.165, 1.54) is 25.7 Å². The van der Waals surface area contributed by atoms with Gasteiger partial charge in [-0.05, 0) is 24.7 Å². The van der Waals surface area contributed by atoms with Crippen LogP contribution in [0.15, 0.2) is 0 Å². The first-order valence-corrected chi connectivity index (χ1v) is 9.50. The van der Waals surface area contributed by atoms with Gasteiger partial charge < -0.3 is 0 Å². The molecule has 0 bridgehead atoms. The number of hydrogen-bond donors (Lipinski definition) is 0. The van der Waals surface area contributed by atoms with Crippen LogP contribution in [-0.2, 0) is 30.4 Å². The molecule has 0 N–H and O–H groups in total. The molecular weight excluding hydrogens is 330 g/mol. The molecule has 0 aromatic heterocycles. The zero-order chi connectivity index (χ0) is 15.2. The first-order chi connectivity index (χ1) is 9.67. The molecule has 3 nitrogen and oxygen atoms in total. The van der Waals surface area contributed by atoms with Gasteiger partial charge in [0.15, 0.2) is 0 Å². The Hall–Kier alpha value is 0.526. The Labute approximate surface area is 143 Å². The van der Waals surface area contributed by atoms with Crippen LogP contribution in [0.1, 0.15) is 79.1 Å². The standard InChI is InChI=1S/C16H34O3P.Co/c1-5-9-11-15(7-3)13-18-20(17)19-14-16(8-4)12-10-6-2;/h15-16H,5-14H2,1-4H3;/q+1;+3. The zero-order valence-corrected chi connectivity index (χ0v) is 16.2. The van der Waals surface area contributed by atoms with Crippen LogP contribution in [0.5, 0.6) is 0 Å². The Balaban J connectivity index is 0. The van der Waals surface area contributed by atoms with Gasteiger partial charge in [0.05, 0.1) is 0 Å². The minimum Gasteiger partial charge on any atom is -0.119 e. The summed E-state index contributed by atoms with van der Waals surface area (Å²) in [6.07, 6.45) is 9.31. The van der Waals surface area contributed by atoms with Gasteiger partial charge in [0.2, 0.25) is 0 Å². The van der Waals surface area contributed by atoms with Crippen molar-refractivity contribution < 1.29 is 30.4 Å². The fraction of sp³-hybridized carbons (Fsp3) is 1.00. The van der Waals surface area contributed by atoms with Crippen LogP contribution >= 0.6 is 8.25 Å². The van der Waals surface area contributed by atoms with Gasteiger partial charge in [-0.3, -0.25) is 0 Å². The maximum Gasteiger partial charge on any atom is 3.00 e. The minimum atomic E-state index is -1.94. The maximum atomic E-state index is 11.7. The van der Waals surface area contributed by atoms with Crippen molar-refractivity contribution >= 4 is 8.25 Å². The largest absolute Gasteiger partial charge is 3.00 e. The summed E-state index contributed by atoms with van der Waals surface area (Å²) < 4.78 is 22.5. The molecule has 0 saturated carbocycles. The molecule has 0 heterocycles. The fourth-order valence-electron chi connectivity index (χ4n) is 2.17. The van der Waals surface area contributed by atoms with Crippen LogP contribution in [0, 0.1) is 11.8 Å². The summed E-state index contributed by atoms with van der Waals surface area (Å²) in [4.78, 5) is 0. The van der Waals surface area contributed by atoms with E-state index in [4.69, 9.17) is 9.05 Å². The Morgan fingerprint density at radius 2 is 1.19 bits per heavy atom. The Kier molecular flexibility index (Phi) is 19.1. The van der Waals surface area contributed by atoms with E-state index < -0.39 is 8.25 Å². The topological polar surface area (TPSA) is 35.5 Å². The van der Waals surface area contributed by atoms with Gasteiger partial charge in [-0.15, -0.1) is 9.05 Å². The fourth-order valence-corrected chi connectivity index (χ4v) is 2.91. The Morgan fingerprint density at radius 3 is 1.48 bits per heavy atom. The molecule has 0 aromatic carbocycles. The summed E-state index contributed by atoms with van der Waals surface area (Å²) in [6, 6.07) is 0. The van der Waals surface area contributed by atoms with Crippen LogP contribution in [-0.4, -0.2) is 13.2 Å². The van der Waals surface area contributed by atoms with Crippen molar-refractivity contribution in [1.29, 1.82) is 0 Å². The predicted molar refractivity (Wildman–Crippen MR) is 86.1 cm³/mol. The molecule has 2 unspecified atom stereocenters. The quantitative estimate of drug-likeness (QED) is 0.349. The monoisotopic (exact) mass is 364 g/mol. The third kappa shape index (κ3) is 13.9. The van der Waals surface area contributed by atoms with E-state index in [0.29, 0.717) is 25.0 Å². The molecular formula is C16H34CoO3P+4. The predicted octanol–water partition coefficient (Wildman–Crippen LogP) is 6.11. The molecule has 0 radical (unpaired) electrons. The number of hydrogen-bond acceptors (Lipinski definition) is 3. The van der Waals surface area contributed by atoms with Gasteiger partial charge in [0, 0.05) is 4.57 Å². The van der Waals surface area contributed by atoms with E-state index in [9.17, 15) is 4.57 Å². The average Bonchev–Trinajstić information content (AvgIpc) is 2.47. The van der Waals surface area contributed by atoms with Crippen LogP contribution < -0.4 is 0 Å². The van der Waals surface area contributed by atoms with Gasteiger partial charge in [-0.1, -0.05) is 66.2 Å². The van der Waals surface area contributed by atoms with Gasteiger partial charge in [-0.25, -0.2) is 0 Å². The summed E-state index contributed by atoms with van der Waals surface area (Å²) in [5.74, 6) is 1.03.